The lowest BCUT2D eigenvalue weighted by atomic mass is 9.85. The zero-order chi connectivity index (χ0) is 23.0. The molecule has 170 valence electrons. The highest BCUT2D eigenvalue weighted by Crippen LogP contribution is 2.39. The molecule has 3 aromatic rings. The first kappa shape index (κ1) is 21.4. The number of nitrogens with zero attached hydrogens (tertiary/aromatic N) is 4. The number of amidine groups is 1. The maximum Gasteiger partial charge on any atom is 0.152 e. The average Bonchev–Trinajstić information content (AvgIpc) is 3.26. The normalized spacial score (nSPS) is 21.6. The van der Waals surface area contributed by atoms with Crippen LogP contribution in [0.25, 0.3) is 11.8 Å². The molecule has 1 unspecified atom stereocenters. The van der Waals surface area contributed by atoms with Gasteiger partial charge in [0.1, 0.15) is 11.6 Å². The maximum atomic E-state index is 13.5. The van der Waals surface area contributed by atoms with Crippen LogP contribution in [-0.4, -0.2) is 40.7 Å². The van der Waals surface area contributed by atoms with E-state index in [-0.39, 0.29) is 5.82 Å². The minimum absolute atomic E-state index is 0.240. The first-order valence-corrected chi connectivity index (χ1v) is 11.1. The second-order valence-corrected chi connectivity index (χ2v) is 8.64. The van der Waals surface area contributed by atoms with Gasteiger partial charge in [-0.25, -0.2) is 14.4 Å². The summed E-state index contributed by atoms with van der Waals surface area (Å²) < 4.78 is 21.2. The third-order valence-electron chi connectivity index (χ3n) is 6.38. The van der Waals surface area contributed by atoms with E-state index in [1.54, 1.807) is 13.4 Å². The summed E-state index contributed by atoms with van der Waals surface area (Å²) in [7, 11) is 1.68. The van der Waals surface area contributed by atoms with Gasteiger partial charge in [0.2, 0.25) is 0 Å². The van der Waals surface area contributed by atoms with E-state index in [1.807, 2.05) is 47.0 Å². The van der Waals surface area contributed by atoms with Gasteiger partial charge in [0.05, 0.1) is 37.0 Å². The highest BCUT2D eigenvalue weighted by molar-refractivity contribution is 6.02. The lowest BCUT2D eigenvalue weighted by molar-refractivity contribution is -0.177. The molecule has 1 aromatic heterocycles. The molecule has 2 aliphatic heterocycles. The van der Waals surface area contributed by atoms with Crippen molar-refractivity contribution >= 4 is 11.9 Å². The fraction of sp³-hybridized carbons (Fsp3) is 0.308. The zero-order valence-corrected chi connectivity index (χ0v) is 19.1. The summed E-state index contributed by atoms with van der Waals surface area (Å²) in [6.45, 7) is 5.33. The number of aryl methyl sites for hydroxylation is 1. The van der Waals surface area contributed by atoms with Crippen LogP contribution in [0.15, 0.2) is 65.6 Å². The van der Waals surface area contributed by atoms with Gasteiger partial charge in [-0.2, -0.15) is 0 Å². The zero-order valence-electron chi connectivity index (χ0n) is 19.1. The molecule has 0 spiro atoms. The Kier molecular flexibility index (Phi) is 5.50. The standard InChI is InChI=1S/C26H27FN4O2/c1-18-16-30(17-29-18)23-9-4-19(15-24(23)32-3)14-20-10-13-33-31-25(20)28-12-11-26(31,2)21-5-7-22(27)8-6-21/h4-9,14-17H,10-13H2,1-3H3/b20-14+. The Morgan fingerprint density at radius 2 is 2.00 bits per heavy atom. The first-order valence-electron chi connectivity index (χ1n) is 11.1. The van der Waals surface area contributed by atoms with Crippen molar-refractivity contribution in [1.82, 2.24) is 14.6 Å². The van der Waals surface area contributed by atoms with E-state index in [0.29, 0.717) is 13.2 Å². The van der Waals surface area contributed by atoms with Crippen molar-refractivity contribution in [2.24, 2.45) is 4.99 Å². The quantitative estimate of drug-likeness (QED) is 0.562. The van der Waals surface area contributed by atoms with Gasteiger partial charge >= 0.3 is 0 Å². The number of benzene rings is 2. The van der Waals surface area contributed by atoms with Crippen molar-refractivity contribution in [2.75, 3.05) is 20.3 Å². The molecule has 5 rings (SSSR count). The van der Waals surface area contributed by atoms with Crippen LogP contribution >= 0.6 is 0 Å². The lowest BCUT2D eigenvalue weighted by Crippen LogP contribution is -2.53. The molecule has 2 aliphatic rings. The number of fused-ring (bicyclic) bond motifs is 1. The lowest BCUT2D eigenvalue weighted by Gasteiger charge is -2.47. The monoisotopic (exact) mass is 446 g/mol. The summed E-state index contributed by atoms with van der Waals surface area (Å²) in [5, 5.41) is 1.92. The summed E-state index contributed by atoms with van der Waals surface area (Å²) >= 11 is 0. The molecule has 6 nitrogen and oxygen atoms in total. The predicted molar refractivity (Wildman–Crippen MR) is 126 cm³/mol. The molecule has 0 aliphatic carbocycles. The van der Waals surface area contributed by atoms with Crippen molar-refractivity contribution < 1.29 is 14.0 Å². The average molecular weight is 447 g/mol. The van der Waals surface area contributed by atoms with Crippen LogP contribution in [0.2, 0.25) is 0 Å². The first-order chi connectivity index (χ1) is 16.0. The molecule has 0 N–H and O–H groups in total. The molecular weight excluding hydrogens is 419 g/mol. The second kappa shape index (κ2) is 8.48. The molecule has 1 atom stereocenters. The highest BCUT2D eigenvalue weighted by atomic mass is 19.1. The Hall–Kier alpha value is -3.45. The Morgan fingerprint density at radius 3 is 2.73 bits per heavy atom. The van der Waals surface area contributed by atoms with Crippen molar-refractivity contribution in [1.29, 1.82) is 0 Å². The van der Waals surface area contributed by atoms with Crippen LogP contribution in [0.4, 0.5) is 4.39 Å². The molecule has 0 radical (unpaired) electrons. The fourth-order valence-corrected chi connectivity index (χ4v) is 4.53. The van der Waals surface area contributed by atoms with E-state index in [0.717, 1.165) is 52.5 Å². The third kappa shape index (κ3) is 3.93. The number of halogens is 1. The summed E-state index contributed by atoms with van der Waals surface area (Å²) in [6.07, 6.45) is 7.46. The van der Waals surface area contributed by atoms with Gasteiger partial charge in [0.25, 0.3) is 0 Å². The molecule has 0 saturated carbocycles. The minimum Gasteiger partial charge on any atom is -0.495 e. The summed E-state index contributed by atoms with van der Waals surface area (Å²) in [5.41, 5.74) is 4.63. The fourth-order valence-electron chi connectivity index (χ4n) is 4.53. The Bertz CT molecular complexity index is 1230. The molecule has 1 fully saturated rings. The highest BCUT2D eigenvalue weighted by Gasteiger charge is 2.42. The number of hydrogen-bond acceptors (Lipinski definition) is 5. The molecule has 0 amide bonds. The number of imidazole rings is 1. The predicted octanol–water partition coefficient (Wildman–Crippen LogP) is 5.07. The topological polar surface area (TPSA) is 51.9 Å². The molecule has 0 bridgehead atoms. The van der Waals surface area contributed by atoms with Gasteiger partial charge in [-0.05, 0) is 67.3 Å². The second-order valence-electron chi connectivity index (χ2n) is 8.64. The van der Waals surface area contributed by atoms with Gasteiger partial charge in [0, 0.05) is 19.2 Å². The number of methoxy groups -OCH3 is 1. The molecule has 3 heterocycles. The van der Waals surface area contributed by atoms with Crippen molar-refractivity contribution in [3.8, 4) is 11.4 Å². The van der Waals surface area contributed by atoms with Crippen LogP contribution in [-0.2, 0) is 10.4 Å². The number of rotatable bonds is 4. The molecular formula is C26H27FN4O2. The smallest absolute Gasteiger partial charge is 0.152 e. The van der Waals surface area contributed by atoms with Crippen molar-refractivity contribution in [2.45, 2.75) is 32.2 Å². The third-order valence-corrected chi connectivity index (χ3v) is 6.38. The number of hydroxylamine groups is 2. The van der Waals surface area contributed by atoms with Crippen LogP contribution in [0.5, 0.6) is 5.75 Å². The van der Waals surface area contributed by atoms with E-state index in [1.165, 1.54) is 12.1 Å². The van der Waals surface area contributed by atoms with Gasteiger partial charge in [0.15, 0.2) is 5.84 Å². The summed E-state index contributed by atoms with van der Waals surface area (Å²) in [5.74, 6) is 1.37. The summed E-state index contributed by atoms with van der Waals surface area (Å²) in [4.78, 5) is 15.2. The number of aromatic nitrogens is 2. The van der Waals surface area contributed by atoms with E-state index in [9.17, 15) is 4.39 Å². The number of ether oxygens (including phenoxy) is 1. The summed E-state index contributed by atoms with van der Waals surface area (Å²) in [6, 6.07) is 12.8. The van der Waals surface area contributed by atoms with Crippen LogP contribution < -0.4 is 4.74 Å². The van der Waals surface area contributed by atoms with Crippen LogP contribution in [0, 0.1) is 12.7 Å². The van der Waals surface area contributed by atoms with Crippen LogP contribution in [0.3, 0.4) is 0 Å². The number of aliphatic imine (C=N–C) groups is 1. The van der Waals surface area contributed by atoms with E-state index < -0.39 is 5.54 Å². The Morgan fingerprint density at radius 1 is 1.18 bits per heavy atom. The van der Waals surface area contributed by atoms with Crippen molar-refractivity contribution in [3.63, 3.8) is 0 Å². The molecule has 2 aromatic carbocycles. The van der Waals surface area contributed by atoms with Gasteiger partial charge in [-0.1, -0.05) is 18.2 Å². The van der Waals surface area contributed by atoms with Gasteiger partial charge < -0.3 is 9.30 Å². The molecule has 7 heteroatoms. The number of hydrogen-bond donors (Lipinski definition) is 0. The van der Waals surface area contributed by atoms with Crippen molar-refractivity contribution in [3.05, 3.63) is 83.2 Å². The maximum absolute atomic E-state index is 13.5. The Balaban J connectivity index is 1.48. The van der Waals surface area contributed by atoms with E-state index in [2.05, 4.69) is 24.1 Å². The van der Waals surface area contributed by atoms with Gasteiger partial charge in [-0.3, -0.25) is 9.83 Å². The van der Waals surface area contributed by atoms with Gasteiger partial charge in [-0.15, -0.1) is 0 Å². The largest absolute Gasteiger partial charge is 0.495 e. The Labute approximate surface area is 192 Å². The molecule has 33 heavy (non-hydrogen) atoms. The van der Waals surface area contributed by atoms with Crippen LogP contribution in [0.1, 0.15) is 36.6 Å². The minimum atomic E-state index is -0.412. The van der Waals surface area contributed by atoms with E-state index in [4.69, 9.17) is 14.6 Å². The molecule has 1 saturated heterocycles. The SMILES string of the molecule is COc1cc(/C=C2\CCON3C2=NCCC3(C)c2ccc(F)cc2)ccc1-n1cnc(C)c1. The van der Waals surface area contributed by atoms with E-state index >= 15 is 0 Å².